The maximum absolute atomic E-state index is 13.7. The van der Waals surface area contributed by atoms with Crippen molar-refractivity contribution in [2.75, 3.05) is 23.0 Å². The maximum atomic E-state index is 13.7. The molecular formula is C30H28N2O5. The van der Waals surface area contributed by atoms with E-state index in [9.17, 15) is 14.4 Å². The first-order valence-corrected chi connectivity index (χ1v) is 11.9. The average Bonchev–Trinajstić information content (AvgIpc) is 2.88. The van der Waals surface area contributed by atoms with Gasteiger partial charge in [-0.3, -0.25) is 9.59 Å². The normalized spacial score (nSPS) is 13.6. The van der Waals surface area contributed by atoms with Crippen molar-refractivity contribution in [2.24, 2.45) is 0 Å². The molecule has 0 saturated carbocycles. The molecular weight excluding hydrogens is 468 g/mol. The van der Waals surface area contributed by atoms with Gasteiger partial charge in [0, 0.05) is 0 Å². The molecule has 3 aromatic carbocycles. The summed E-state index contributed by atoms with van der Waals surface area (Å²) in [5, 5.41) is 0. The molecule has 37 heavy (non-hydrogen) atoms. The molecule has 0 N–H and O–H groups in total. The smallest absolute Gasteiger partial charge is 0.343 e. The average molecular weight is 497 g/mol. The summed E-state index contributed by atoms with van der Waals surface area (Å²) in [6.07, 6.45) is 3.11. The molecule has 7 nitrogen and oxygen atoms in total. The van der Waals surface area contributed by atoms with Crippen molar-refractivity contribution in [3.05, 3.63) is 102 Å². The lowest BCUT2D eigenvalue weighted by Crippen LogP contribution is -2.57. The first kappa shape index (κ1) is 25.4. The number of carbonyl (C=O) groups excluding carboxylic acids is 3. The first-order valence-electron chi connectivity index (χ1n) is 11.9. The molecule has 0 spiro atoms. The Bertz CT molecular complexity index is 1340. The van der Waals surface area contributed by atoms with Crippen LogP contribution in [0.1, 0.15) is 23.6 Å². The minimum Gasteiger partial charge on any atom is -0.490 e. The Hall–Kier alpha value is -4.65. The van der Waals surface area contributed by atoms with Gasteiger partial charge in [-0.25, -0.2) is 14.6 Å². The predicted octanol–water partition coefficient (Wildman–Crippen LogP) is 5.85. The Labute approximate surface area is 216 Å². The number of amides is 4. The fraction of sp³-hybridized carbons (Fsp3) is 0.167. The predicted molar refractivity (Wildman–Crippen MR) is 144 cm³/mol. The highest BCUT2D eigenvalue weighted by molar-refractivity contribution is 6.46. The van der Waals surface area contributed by atoms with E-state index < -0.39 is 17.8 Å². The quantitative estimate of drug-likeness (QED) is 0.222. The summed E-state index contributed by atoms with van der Waals surface area (Å²) in [7, 11) is 0. The van der Waals surface area contributed by atoms with Gasteiger partial charge >= 0.3 is 6.03 Å². The molecule has 0 bridgehead atoms. The monoisotopic (exact) mass is 496 g/mol. The molecule has 188 valence electrons. The van der Waals surface area contributed by atoms with E-state index in [1.807, 2.05) is 45.0 Å². The van der Waals surface area contributed by atoms with Crippen LogP contribution in [0, 0.1) is 13.8 Å². The summed E-state index contributed by atoms with van der Waals surface area (Å²) in [5.74, 6) is -0.404. The molecule has 0 atom stereocenters. The summed E-state index contributed by atoms with van der Waals surface area (Å²) in [5.41, 5.74) is 2.69. The molecule has 1 heterocycles. The van der Waals surface area contributed by atoms with Gasteiger partial charge in [0.2, 0.25) is 0 Å². The third-order valence-electron chi connectivity index (χ3n) is 5.90. The lowest BCUT2D eigenvalue weighted by molar-refractivity contribution is -0.121. The van der Waals surface area contributed by atoms with Gasteiger partial charge in [-0.05, 0) is 67.8 Å². The number of rotatable bonds is 8. The van der Waals surface area contributed by atoms with Crippen LogP contribution in [0.25, 0.3) is 6.08 Å². The highest BCUT2D eigenvalue weighted by Crippen LogP contribution is 2.34. The second-order valence-corrected chi connectivity index (χ2v) is 8.43. The van der Waals surface area contributed by atoms with Gasteiger partial charge in [0.1, 0.15) is 12.2 Å². The number of urea groups is 1. The van der Waals surface area contributed by atoms with Crippen LogP contribution < -0.4 is 19.3 Å². The van der Waals surface area contributed by atoms with Gasteiger partial charge in [0.15, 0.2) is 11.5 Å². The topological polar surface area (TPSA) is 76.2 Å². The van der Waals surface area contributed by atoms with Gasteiger partial charge in [0.25, 0.3) is 11.8 Å². The Morgan fingerprint density at radius 2 is 1.35 bits per heavy atom. The van der Waals surface area contributed by atoms with E-state index in [0.717, 1.165) is 20.9 Å². The summed E-state index contributed by atoms with van der Waals surface area (Å²) in [4.78, 5) is 43.2. The van der Waals surface area contributed by atoms with Crippen molar-refractivity contribution < 1.29 is 23.9 Å². The van der Waals surface area contributed by atoms with Crippen molar-refractivity contribution in [3.63, 3.8) is 0 Å². The first-order chi connectivity index (χ1) is 17.9. The second-order valence-electron chi connectivity index (χ2n) is 8.43. The lowest BCUT2D eigenvalue weighted by Gasteiger charge is -2.35. The molecule has 1 saturated heterocycles. The Morgan fingerprint density at radius 1 is 0.784 bits per heavy atom. The number of carbonyl (C=O) groups is 3. The van der Waals surface area contributed by atoms with Crippen LogP contribution in [-0.2, 0) is 9.59 Å². The van der Waals surface area contributed by atoms with Crippen molar-refractivity contribution >= 4 is 35.3 Å². The van der Waals surface area contributed by atoms with Crippen LogP contribution in [0.15, 0.2) is 85.0 Å². The molecule has 4 rings (SSSR count). The standard InChI is InChI=1S/C30H28N2O5/c1-5-17-37-26-16-15-22(19-27(26)36-6-2)18-23-28(33)31(24-13-9-7-11-20(24)3)30(35)32(29(23)34)25-14-10-8-12-21(25)4/h5,7-16,18-19H,1,6,17H2,2-4H3. The zero-order valence-electron chi connectivity index (χ0n) is 21.1. The number of ether oxygens (including phenoxy) is 2. The molecule has 0 radical (unpaired) electrons. The number of barbiturate groups is 1. The van der Waals surface area contributed by atoms with Crippen molar-refractivity contribution in [2.45, 2.75) is 20.8 Å². The van der Waals surface area contributed by atoms with Gasteiger partial charge in [-0.1, -0.05) is 55.1 Å². The fourth-order valence-corrected chi connectivity index (χ4v) is 4.10. The van der Waals surface area contributed by atoms with E-state index in [0.29, 0.717) is 41.7 Å². The summed E-state index contributed by atoms with van der Waals surface area (Å²) >= 11 is 0. The SMILES string of the molecule is C=CCOc1ccc(C=C2C(=O)N(c3ccccc3C)C(=O)N(c3ccccc3C)C2=O)cc1OCC. The molecule has 0 aromatic heterocycles. The lowest BCUT2D eigenvalue weighted by atomic mass is 10.0. The Balaban J connectivity index is 1.86. The van der Waals surface area contributed by atoms with E-state index in [-0.39, 0.29) is 5.57 Å². The molecule has 7 heteroatoms. The third-order valence-corrected chi connectivity index (χ3v) is 5.90. The van der Waals surface area contributed by atoms with Gasteiger partial charge < -0.3 is 9.47 Å². The molecule has 0 aliphatic carbocycles. The van der Waals surface area contributed by atoms with Crippen LogP contribution in [0.4, 0.5) is 16.2 Å². The number of aryl methyl sites for hydroxylation is 2. The van der Waals surface area contributed by atoms with E-state index >= 15 is 0 Å². The molecule has 1 aliphatic rings. The minimum absolute atomic E-state index is 0.145. The Kier molecular flexibility index (Phi) is 7.53. The van der Waals surface area contributed by atoms with Gasteiger partial charge in [-0.15, -0.1) is 0 Å². The molecule has 1 fully saturated rings. The van der Waals surface area contributed by atoms with Crippen LogP contribution >= 0.6 is 0 Å². The van der Waals surface area contributed by atoms with Crippen LogP contribution in [-0.4, -0.2) is 31.1 Å². The number of hydrogen-bond acceptors (Lipinski definition) is 5. The molecule has 4 amide bonds. The minimum atomic E-state index is -0.723. The largest absolute Gasteiger partial charge is 0.490 e. The molecule has 3 aromatic rings. The number of para-hydroxylation sites is 2. The summed E-state index contributed by atoms with van der Waals surface area (Å²) in [6, 6.07) is 18.5. The number of hydrogen-bond donors (Lipinski definition) is 0. The highest BCUT2D eigenvalue weighted by Gasteiger charge is 2.44. The van der Waals surface area contributed by atoms with E-state index in [4.69, 9.17) is 9.47 Å². The zero-order chi connectivity index (χ0) is 26.5. The third kappa shape index (κ3) is 5.02. The zero-order valence-corrected chi connectivity index (χ0v) is 21.1. The number of imide groups is 2. The van der Waals surface area contributed by atoms with E-state index in [2.05, 4.69) is 6.58 Å². The van der Waals surface area contributed by atoms with Crippen LogP contribution in [0.2, 0.25) is 0 Å². The second kappa shape index (κ2) is 11.0. The van der Waals surface area contributed by atoms with Crippen molar-refractivity contribution in [1.82, 2.24) is 0 Å². The highest BCUT2D eigenvalue weighted by atomic mass is 16.5. The summed E-state index contributed by atoms with van der Waals surface area (Å²) < 4.78 is 11.4. The number of benzene rings is 3. The fourth-order valence-electron chi connectivity index (χ4n) is 4.10. The van der Waals surface area contributed by atoms with E-state index in [1.165, 1.54) is 6.08 Å². The maximum Gasteiger partial charge on any atom is 0.343 e. The number of anilines is 2. The van der Waals surface area contributed by atoms with Gasteiger partial charge in [-0.2, -0.15) is 0 Å². The Morgan fingerprint density at radius 3 is 1.86 bits per heavy atom. The van der Waals surface area contributed by atoms with Crippen LogP contribution in [0.5, 0.6) is 11.5 Å². The molecule has 0 unspecified atom stereocenters. The molecule has 1 aliphatic heterocycles. The van der Waals surface area contributed by atoms with E-state index in [1.54, 1.807) is 48.5 Å². The van der Waals surface area contributed by atoms with Gasteiger partial charge in [0.05, 0.1) is 18.0 Å². The van der Waals surface area contributed by atoms with Crippen molar-refractivity contribution in [1.29, 1.82) is 0 Å². The summed E-state index contributed by atoms with van der Waals surface area (Å²) in [6.45, 7) is 9.83. The number of nitrogens with zero attached hydrogens (tertiary/aromatic N) is 2. The van der Waals surface area contributed by atoms with Crippen molar-refractivity contribution in [3.8, 4) is 11.5 Å². The van der Waals surface area contributed by atoms with Crippen LogP contribution in [0.3, 0.4) is 0 Å².